The van der Waals surface area contributed by atoms with Gasteiger partial charge in [0, 0.05) is 25.6 Å². The fourth-order valence-corrected chi connectivity index (χ4v) is 5.53. The molecule has 11 nitrogen and oxygen atoms in total. The number of benzene rings is 2. The number of nitrogens with two attached hydrogens (primary N) is 2. The van der Waals surface area contributed by atoms with E-state index in [2.05, 4.69) is 20.8 Å². The summed E-state index contributed by atoms with van der Waals surface area (Å²) >= 11 is 0.502. The number of aryl methyl sites for hydroxylation is 1. The van der Waals surface area contributed by atoms with Gasteiger partial charge in [-0.25, -0.2) is 22.3 Å². The van der Waals surface area contributed by atoms with E-state index in [0.29, 0.717) is 23.9 Å². The predicted octanol–water partition coefficient (Wildman–Crippen LogP) is 0.863. The van der Waals surface area contributed by atoms with Crippen molar-refractivity contribution in [3.8, 4) is 0 Å². The number of nitrogens with zero attached hydrogens (tertiary/aromatic N) is 2. The number of sulfonamides is 1. The zero-order valence-corrected chi connectivity index (χ0v) is 23.1. The third-order valence-corrected chi connectivity index (χ3v) is 8.31. The lowest BCUT2D eigenvalue weighted by atomic mass is 9.99. The van der Waals surface area contributed by atoms with Crippen molar-refractivity contribution in [3.63, 3.8) is 0 Å². The first kappa shape index (κ1) is 31.2. The second kappa shape index (κ2) is 13.8. The minimum atomic E-state index is -4.18. The highest BCUT2D eigenvalue weighted by Crippen LogP contribution is 2.25. The molecule has 2 amide bonds. The average molecular weight is 597 g/mol. The topological polar surface area (TPSA) is 190 Å². The molecule has 2 aromatic carbocycles. The maximum atomic E-state index is 13.8. The number of nitrogens with one attached hydrogen (secondary N) is 2. The predicted molar refractivity (Wildman–Crippen MR) is 143 cm³/mol. The molecule has 0 radical (unpaired) electrons. The Bertz CT molecular complexity index is 1430. The van der Waals surface area contributed by atoms with E-state index < -0.39 is 62.3 Å². The fourth-order valence-electron chi connectivity index (χ4n) is 3.97. The number of carbonyl (C=O) groups excluding carboxylic acids is 2. The third kappa shape index (κ3) is 9.09. The van der Waals surface area contributed by atoms with Crippen molar-refractivity contribution in [2.75, 3.05) is 6.54 Å². The molecule has 3 aromatic rings. The molecule has 3 rings (SSSR count). The van der Waals surface area contributed by atoms with Crippen LogP contribution in [-0.2, 0) is 39.0 Å². The molecule has 40 heavy (non-hydrogen) atoms. The molecule has 1 unspecified atom stereocenters. The maximum Gasteiger partial charge on any atom is 0.267 e. The number of primary amides is 1. The van der Waals surface area contributed by atoms with Crippen molar-refractivity contribution in [1.82, 2.24) is 20.8 Å². The highest BCUT2D eigenvalue weighted by molar-refractivity contribution is 7.91. The number of halogens is 2. The first-order chi connectivity index (χ1) is 18.8. The molecule has 0 fully saturated rings. The zero-order chi connectivity index (χ0) is 29.4. The molecule has 0 saturated heterocycles. The highest BCUT2D eigenvalue weighted by atomic mass is 32.2. The van der Waals surface area contributed by atoms with Gasteiger partial charge < -0.3 is 21.5 Å². The quantitative estimate of drug-likeness (QED) is 0.181. The van der Waals surface area contributed by atoms with Crippen molar-refractivity contribution >= 4 is 33.2 Å². The Labute approximate surface area is 234 Å². The van der Waals surface area contributed by atoms with Gasteiger partial charge in [0.2, 0.25) is 16.2 Å². The third-order valence-electron chi connectivity index (χ3n) is 5.97. The monoisotopic (exact) mass is 596 g/mol. The number of carbonyl (C=O) groups is 2. The number of hydrogen-bond donors (Lipinski definition) is 5. The summed E-state index contributed by atoms with van der Waals surface area (Å²) < 4.78 is 50.1. The van der Waals surface area contributed by atoms with Gasteiger partial charge in [-0.3, -0.25) is 9.59 Å². The first-order valence-corrected chi connectivity index (χ1v) is 14.6. The number of aliphatic hydroxyl groups excluding tert-OH is 1. The smallest absolute Gasteiger partial charge is 0.267 e. The SMILES string of the molecule is CCc1cccc(CNC[C@@H](O)[C@H](Cc2cc(F)cc(F)c2)NC(=O)CC(C(N)=O)c2nnc(S(N)(=O)=O)s2)c1. The number of aliphatic hydroxyl groups is 1. The first-order valence-electron chi connectivity index (χ1n) is 12.2. The van der Waals surface area contributed by atoms with Crippen LogP contribution in [0.4, 0.5) is 8.78 Å². The van der Waals surface area contributed by atoms with E-state index in [1.165, 1.54) is 0 Å². The Hall–Kier alpha value is -3.37. The van der Waals surface area contributed by atoms with Crippen LogP contribution in [0.5, 0.6) is 0 Å². The minimum Gasteiger partial charge on any atom is -0.390 e. The summed E-state index contributed by atoms with van der Waals surface area (Å²) in [4.78, 5) is 25.0. The summed E-state index contributed by atoms with van der Waals surface area (Å²) in [6, 6.07) is 9.72. The molecule has 1 heterocycles. The van der Waals surface area contributed by atoms with Crippen LogP contribution >= 0.6 is 11.3 Å². The van der Waals surface area contributed by atoms with Gasteiger partial charge in [-0.1, -0.05) is 42.5 Å². The summed E-state index contributed by atoms with van der Waals surface area (Å²) in [6.45, 7) is 2.48. The fraction of sp³-hybridized carbons (Fsp3) is 0.360. The number of amides is 2. The largest absolute Gasteiger partial charge is 0.390 e. The Balaban J connectivity index is 1.74. The van der Waals surface area contributed by atoms with Crippen LogP contribution < -0.4 is 21.5 Å². The van der Waals surface area contributed by atoms with E-state index in [1.54, 1.807) is 0 Å². The lowest BCUT2D eigenvalue weighted by molar-refractivity contribution is -0.127. The van der Waals surface area contributed by atoms with E-state index in [4.69, 9.17) is 10.9 Å². The Kier molecular flexibility index (Phi) is 10.8. The van der Waals surface area contributed by atoms with E-state index in [9.17, 15) is 31.9 Å². The van der Waals surface area contributed by atoms with Gasteiger partial charge in [-0.05, 0) is 41.7 Å². The zero-order valence-electron chi connectivity index (χ0n) is 21.5. The lowest BCUT2D eigenvalue weighted by Gasteiger charge is -2.25. The van der Waals surface area contributed by atoms with E-state index in [-0.39, 0.29) is 23.5 Å². The molecular weight excluding hydrogens is 566 g/mol. The average Bonchev–Trinajstić information content (AvgIpc) is 3.37. The van der Waals surface area contributed by atoms with Crippen molar-refractivity contribution in [2.45, 2.75) is 55.1 Å². The molecule has 216 valence electrons. The molecule has 1 aromatic heterocycles. The van der Waals surface area contributed by atoms with E-state index in [1.807, 2.05) is 31.2 Å². The second-order valence-electron chi connectivity index (χ2n) is 9.14. The maximum absolute atomic E-state index is 13.8. The Morgan fingerprint density at radius 3 is 2.35 bits per heavy atom. The number of hydrogen-bond acceptors (Lipinski definition) is 9. The van der Waals surface area contributed by atoms with Crippen LogP contribution in [0, 0.1) is 11.6 Å². The molecule has 0 bridgehead atoms. The van der Waals surface area contributed by atoms with Crippen LogP contribution in [0.15, 0.2) is 46.8 Å². The van der Waals surface area contributed by atoms with E-state index >= 15 is 0 Å². The second-order valence-corrected chi connectivity index (χ2v) is 11.9. The van der Waals surface area contributed by atoms with Gasteiger partial charge in [-0.15, -0.1) is 10.2 Å². The van der Waals surface area contributed by atoms with Crippen molar-refractivity contribution < 1.29 is 31.9 Å². The minimum absolute atomic E-state index is 0.0203. The molecule has 0 saturated carbocycles. The lowest BCUT2D eigenvalue weighted by Crippen LogP contribution is -2.49. The summed E-state index contributed by atoms with van der Waals surface area (Å²) in [5.74, 6) is -4.68. The standard InChI is InChI=1S/C25H30F2N6O5S2/c1-2-14-4-3-5-15(6-14)12-30-13-21(34)20(9-16-7-17(26)10-18(27)8-16)31-22(35)11-19(23(28)36)24-32-33-25(39-24)40(29,37)38/h3-8,10,19-21,30,34H,2,9,11-13H2,1H3,(H2,28,36)(H,31,35)(H2,29,37,38)/t19?,20-,21+/m0/s1. The number of rotatable bonds is 14. The number of primary sulfonamides is 1. The molecular formula is C25H30F2N6O5S2. The molecule has 15 heteroatoms. The highest BCUT2D eigenvalue weighted by Gasteiger charge is 2.30. The summed E-state index contributed by atoms with van der Waals surface area (Å²) in [7, 11) is -4.18. The van der Waals surface area contributed by atoms with Crippen LogP contribution in [-0.4, -0.2) is 54.2 Å². The van der Waals surface area contributed by atoms with Gasteiger partial charge >= 0.3 is 0 Å². The van der Waals surface area contributed by atoms with Crippen molar-refractivity contribution in [2.24, 2.45) is 10.9 Å². The molecule has 0 aliphatic carbocycles. The molecule has 0 aliphatic rings. The van der Waals surface area contributed by atoms with Crippen LogP contribution in [0.2, 0.25) is 0 Å². The van der Waals surface area contributed by atoms with Gasteiger partial charge in [0.05, 0.1) is 12.1 Å². The van der Waals surface area contributed by atoms with Crippen molar-refractivity contribution in [1.29, 1.82) is 0 Å². The van der Waals surface area contributed by atoms with Crippen LogP contribution in [0.25, 0.3) is 0 Å². The summed E-state index contributed by atoms with van der Waals surface area (Å²) in [6.07, 6.45) is -1.02. The van der Waals surface area contributed by atoms with Crippen molar-refractivity contribution in [3.05, 3.63) is 75.8 Å². The van der Waals surface area contributed by atoms with Gasteiger partial charge in [0.25, 0.3) is 10.0 Å². The Morgan fingerprint density at radius 2 is 1.75 bits per heavy atom. The number of aromatic nitrogens is 2. The molecule has 0 spiro atoms. The van der Waals surface area contributed by atoms with E-state index in [0.717, 1.165) is 29.7 Å². The van der Waals surface area contributed by atoms with Gasteiger partial charge in [0.15, 0.2) is 0 Å². The van der Waals surface area contributed by atoms with Gasteiger partial charge in [-0.2, -0.15) is 0 Å². The van der Waals surface area contributed by atoms with Crippen LogP contribution in [0.1, 0.15) is 41.0 Å². The summed E-state index contributed by atoms with van der Waals surface area (Å²) in [5.41, 5.74) is 7.74. The normalized spacial score (nSPS) is 13.9. The summed E-state index contributed by atoms with van der Waals surface area (Å²) in [5, 5.41) is 28.6. The van der Waals surface area contributed by atoms with Gasteiger partial charge in [0.1, 0.15) is 22.6 Å². The molecule has 3 atom stereocenters. The van der Waals surface area contributed by atoms with Crippen LogP contribution in [0.3, 0.4) is 0 Å². The molecule has 7 N–H and O–H groups in total. The molecule has 0 aliphatic heterocycles. The Morgan fingerprint density at radius 1 is 1.07 bits per heavy atom.